The molecule has 2 aromatic rings. The van der Waals surface area contributed by atoms with Crippen molar-refractivity contribution >= 4 is 29.4 Å². The van der Waals surface area contributed by atoms with Gasteiger partial charge in [-0.25, -0.2) is 0 Å². The van der Waals surface area contributed by atoms with Crippen LogP contribution in [0.5, 0.6) is 5.75 Å². The van der Waals surface area contributed by atoms with Gasteiger partial charge in [-0.15, -0.1) is 0 Å². The molecular weight excluding hydrogens is 384 g/mol. The Hall–Kier alpha value is -3.06. The van der Waals surface area contributed by atoms with Crippen LogP contribution in [-0.2, 0) is 20.7 Å². The van der Waals surface area contributed by atoms with Gasteiger partial charge in [0.15, 0.2) is 6.10 Å². The highest BCUT2D eigenvalue weighted by atomic mass is 35.5. The summed E-state index contributed by atoms with van der Waals surface area (Å²) < 4.78 is 10.8. The summed E-state index contributed by atoms with van der Waals surface area (Å²) in [5.74, 6) is -1.52. The summed E-state index contributed by atoms with van der Waals surface area (Å²) in [7, 11) is 0. The van der Waals surface area contributed by atoms with E-state index in [2.05, 4.69) is 10.9 Å². The van der Waals surface area contributed by atoms with Gasteiger partial charge in [-0.1, -0.05) is 29.8 Å². The zero-order valence-electron chi connectivity index (χ0n) is 15.1. The number of hydrogen-bond donors (Lipinski definition) is 2. The lowest BCUT2D eigenvalue weighted by atomic mass is 9.97. The van der Waals surface area contributed by atoms with Crippen LogP contribution < -0.4 is 15.6 Å². The van der Waals surface area contributed by atoms with Crippen molar-refractivity contribution in [2.24, 2.45) is 5.92 Å². The Morgan fingerprint density at radius 3 is 2.64 bits per heavy atom. The molecule has 7 nitrogen and oxygen atoms in total. The Morgan fingerprint density at radius 1 is 1.14 bits per heavy atom. The van der Waals surface area contributed by atoms with Crippen molar-refractivity contribution in [1.29, 1.82) is 0 Å². The average molecular weight is 403 g/mol. The van der Waals surface area contributed by atoms with Gasteiger partial charge in [-0.2, -0.15) is 0 Å². The van der Waals surface area contributed by atoms with Gasteiger partial charge in [-0.05, 0) is 49.2 Å². The molecule has 1 aliphatic heterocycles. The summed E-state index contributed by atoms with van der Waals surface area (Å²) in [6, 6.07) is 13.6. The number of halogens is 1. The maximum atomic E-state index is 12.4. The van der Waals surface area contributed by atoms with Gasteiger partial charge in [0.25, 0.3) is 11.8 Å². The lowest BCUT2D eigenvalue weighted by Gasteiger charge is -2.25. The number of amides is 2. The highest BCUT2D eigenvalue weighted by Crippen LogP contribution is 2.30. The number of carbonyl (C=O) groups is 3. The number of fused-ring (bicyclic) bond motifs is 1. The fourth-order valence-corrected chi connectivity index (χ4v) is 2.91. The van der Waals surface area contributed by atoms with E-state index in [4.69, 9.17) is 21.1 Å². The number of ether oxygens (including phenoxy) is 2. The largest absolute Gasteiger partial charge is 0.492 e. The summed E-state index contributed by atoms with van der Waals surface area (Å²) >= 11 is 5.98. The van der Waals surface area contributed by atoms with Gasteiger partial charge in [0, 0.05) is 10.6 Å². The molecule has 0 aliphatic carbocycles. The minimum Gasteiger partial charge on any atom is -0.492 e. The highest BCUT2D eigenvalue weighted by molar-refractivity contribution is 6.30. The molecule has 1 aliphatic rings. The topological polar surface area (TPSA) is 93.7 Å². The van der Waals surface area contributed by atoms with E-state index >= 15 is 0 Å². The maximum Gasteiger partial charge on any atom is 0.313 e. The predicted octanol–water partition coefficient (Wildman–Crippen LogP) is 2.28. The molecule has 0 spiro atoms. The van der Waals surface area contributed by atoms with Crippen molar-refractivity contribution in [2.75, 3.05) is 6.61 Å². The Kier molecular flexibility index (Phi) is 6.16. The highest BCUT2D eigenvalue weighted by Gasteiger charge is 2.30. The van der Waals surface area contributed by atoms with Gasteiger partial charge in [0.05, 0.1) is 5.92 Å². The summed E-state index contributed by atoms with van der Waals surface area (Å²) in [5.41, 5.74) is 5.74. The van der Waals surface area contributed by atoms with Crippen LogP contribution in [-0.4, -0.2) is 30.5 Å². The summed E-state index contributed by atoms with van der Waals surface area (Å²) in [4.78, 5) is 36.4. The minimum atomic E-state index is -1.08. The quantitative estimate of drug-likeness (QED) is 0.604. The summed E-state index contributed by atoms with van der Waals surface area (Å²) in [6.07, 6.45) is -0.669. The van der Waals surface area contributed by atoms with E-state index < -0.39 is 29.8 Å². The number of carbonyl (C=O) groups excluding carboxylic acids is 3. The van der Waals surface area contributed by atoms with E-state index in [-0.39, 0.29) is 6.61 Å². The summed E-state index contributed by atoms with van der Waals surface area (Å²) in [5, 5.41) is 0.554. The molecule has 8 heteroatoms. The lowest BCUT2D eigenvalue weighted by molar-refractivity contribution is -0.160. The molecule has 0 unspecified atom stereocenters. The number of hydrogen-bond acceptors (Lipinski definition) is 5. The van der Waals surface area contributed by atoms with E-state index in [9.17, 15) is 14.4 Å². The Morgan fingerprint density at radius 2 is 1.89 bits per heavy atom. The first-order valence-electron chi connectivity index (χ1n) is 8.71. The normalized spacial score (nSPS) is 16.1. The summed E-state index contributed by atoms with van der Waals surface area (Å²) in [6.45, 7) is 1.59. The van der Waals surface area contributed by atoms with Crippen LogP contribution in [0.2, 0.25) is 5.02 Å². The third kappa shape index (κ3) is 4.80. The predicted molar refractivity (Wildman–Crippen MR) is 102 cm³/mol. The van der Waals surface area contributed by atoms with Crippen LogP contribution in [0.4, 0.5) is 0 Å². The number of esters is 1. The number of nitrogens with one attached hydrogen (secondary N) is 2. The van der Waals surface area contributed by atoms with E-state index in [1.54, 1.807) is 48.5 Å². The van der Waals surface area contributed by atoms with Gasteiger partial charge in [0.2, 0.25) is 0 Å². The van der Waals surface area contributed by atoms with Crippen molar-refractivity contribution < 1.29 is 23.9 Å². The molecule has 0 aromatic heterocycles. The average Bonchev–Trinajstić information content (AvgIpc) is 2.71. The number of rotatable bonds is 4. The SMILES string of the molecule is C[C@H](OC(=O)[C@@H]1COc2ccc(Cl)cc2C1)C(=O)NNC(=O)c1ccccc1. The molecule has 2 aromatic carbocycles. The fraction of sp³-hybridized carbons (Fsp3) is 0.250. The van der Waals surface area contributed by atoms with Crippen LogP contribution in [0, 0.1) is 5.92 Å². The Bertz CT molecular complexity index is 887. The first-order chi connectivity index (χ1) is 13.4. The maximum absolute atomic E-state index is 12.4. The molecule has 3 rings (SSSR count). The van der Waals surface area contributed by atoms with Gasteiger partial charge >= 0.3 is 5.97 Å². The zero-order chi connectivity index (χ0) is 20.1. The van der Waals surface area contributed by atoms with Crippen molar-refractivity contribution in [1.82, 2.24) is 10.9 Å². The van der Waals surface area contributed by atoms with Crippen molar-refractivity contribution in [2.45, 2.75) is 19.4 Å². The first kappa shape index (κ1) is 19.7. The molecule has 0 saturated carbocycles. The second kappa shape index (κ2) is 8.75. The Balaban J connectivity index is 1.50. The fourth-order valence-electron chi connectivity index (χ4n) is 2.72. The number of hydrazine groups is 1. The molecular formula is C20H19ClN2O5. The van der Waals surface area contributed by atoms with Gasteiger partial charge in [0.1, 0.15) is 12.4 Å². The smallest absolute Gasteiger partial charge is 0.313 e. The van der Waals surface area contributed by atoms with Crippen LogP contribution in [0.25, 0.3) is 0 Å². The molecule has 0 saturated heterocycles. The lowest BCUT2D eigenvalue weighted by Crippen LogP contribution is -2.47. The molecule has 0 radical (unpaired) electrons. The van der Waals surface area contributed by atoms with Crippen LogP contribution >= 0.6 is 11.6 Å². The molecule has 0 bridgehead atoms. The second-order valence-corrected chi connectivity index (χ2v) is 6.79. The third-order valence-electron chi connectivity index (χ3n) is 4.26. The molecule has 2 N–H and O–H groups in total. The van der Waals surface area contributed by atoms with Crippen molar-refractivity contribution in [3.63, 3.8) is 0 Å². The molecule has 2 atom stereocenters. The minimum absolute atomic E-state index is 0.159. The molecule has 2 amide bonds. The van der Waals surface area contributed by atoms with E-state index in [0.29, 0.717) is 22.8 Å². The van der Waals surface area contributed by atoms with E-state index in [1.807, 2.05) is 0 Å². The second-order valence-electron chi connectivity index (χ2n) is 6.35. The number of benzene rings is 2. The Labute approximate surface area is 166 Å². The standard InChI is InChI=1S/C20H19ClN2O5/c1-12(18(24)22-23-19(25)13-5-3-2-4-6-13)28-20(26)15-9-14-10-16(21)7-8-17(14)27-11-15/h2-8,10,12,15H,9,11H2,1H3,(H,22,24)(H,23,25)/t12-,15-/m0/s1. The van der Waals surface area contributed by atoms with Crippen LogP contribution in [0.3, 0.4) is 0 Å². The third-order valence-corrected chi connectivity index (χ3v) is 4.49. The van der Waals surface area contributed by atoms with Gasteiger partial charge in [-0.3, -0.25) is 25.2 Å². The van der Waals surface area contributed by atoms with Crippen LogP contribution in [0.15, 0.2) is 48.5 Å². The molecule has 1 heterocycles. The van der Waals surface area contributed by atoms with Gasteiger partial charge < -0.3 is 9.47 Å². The first-order valence-corrected chi connectivity index (χ1v) is 9.09. The molecule has 0 fully saturated rings. The van der Waals surface area contributed by atoms with E-state index in [1.165, 1.54) is 6.92 Å². The monoisotopic (exact) mass is 402 g/mol. The molecule has 146 valence electrons. The van der Waals surface area contributed by atoms with Crippen molar-refractivity contribution in [3.8, 4) is 5.75 Å². The van der Waals surface area contributed by atoms with Crippen molar-refractivity contribution in [3.05, 3.63) is 64.7 Å². The zero-order valence-corrected chi connectivity index (χ0v) is 15.9. The van der Waals surface area contributed by atoms with E-state index in [0.717, 1.165) is 5.56 Å². The van der Waals surface area contributed by atoms with Crippen LogP contribution in [0.1, 0.15) is 22.8 Å². The molecule has 28 heavy (non-hydrogen) atoms.